The molecule has 0 saturated heterocycles. The summed E-state index contributed by atoms with van der Waals surface area (Å²) in [4.78, 5) is 27.7. The van der Waals surface area contributed by atoms with Crippen LogP contribution < -0.4 is 9.62 Å². The molecule has 0 heterocycles. The van der Waals surface area contributed by atoms with Crippen molar-refractivity contribution in [3.63, 3.8) is 0 Å². The number of sulfonamides is 1. The number of rotatable bonds is 10. The normalized spacial score (nSPS) is 12.0. The zero-order valence-corrected chi connectivity index (χ0v) is 23.3. The molecule has 0 fully saturated rings. The first kappa shape index (κ1) is 28.8. The Morgan fingerprint density at radius 2 is 1.49 bits per heavy atom. The molecule has 0 bridgehead atoms. The lowest BCUT2D eigenvalue weighted by atomic mass is 10.1. The van der Waals surface area contributed by atoms with Crippen LogP contribution in [0, 0.1) is 0 Å². The van der Waals surface area contributed by atoms with Gasteiger partial charge in [0.25, 0.3) is 10.0 Å². The maximum Gasteiger partial charge on any atom is 0.264 e. The number of nitrogens with one attached hydrogen (secondary N) is 1. The van der Waals surface area contributed by atoms with Gasteiger partial charge in [-0.2, -0.15) is 0 Å². The van der Waals surface area contributed by atoms with Crippen LogP contribution in [0.25, 0.3) is 0 Å². The molecule has 196 valence electrons. The topological polar surface area (TPSA) is 86.8 Å². The lowest BCUT2D eigenvalue weighted by Gasteiger charge is -2.32. The van der Waals surface area contributed by atoms with Gasteiger partial charge in [0.1, 0.15) is 12.6 Å². The molecule has 0 aliphatic heterocycles. The second-order valence-corrected chi connectivity index (χ2v) is 11.3. The Labute approximate surface area is 232 Å². The van der Waals surface area contributed by atoms with Crippen molar-refractivity contribution in [1.29, 1.82) is 0 Å². The van der Waals surface area contributed by atoms with E-state index in [9.17, 15) is 18.0 Å². The van der Waals surface area contributed by atoms with E-state index in [-0.39, 0.29) is 23.0 Å². The number of amides is 2. The quantitative estimate of drug-likeness (QED) is 0.347. The first-order chi connectivity index (χ1) is 17.5. The van der Waals surface area contributed by atoms with Crippen molar-refractivity contribution in [3.05, 3.63) is 93.4 Å². The summed E-state index contributed by atoms with van der Waals surface area (Å²) in [6.45, 7) is 3.25. The molecule has 3 aromatic carbocycles. The molecule has 3 rings (SSSR count). The van der Waals surface area contributed by atoms with E-state index in [1.807, 2.05) is 0 Å². The minimum absolute atomic E-state index is 0.0503. The van der Waals surface area contributed by atoms with Crippen LogP contribution in [0.2, 0.25) is 15.1 Å². The predicted octanol–water partition coefficient (Wildman–Crippen LogP) is 5.40. The van der Waals surface area contributed by atoms with E-state index in [0.717, 1.165) is 9.87 Å². The van der Waals surface area contributed by atoms with Gasteiger partial charge in [-0.1, -0.05) is 53.0 Å². The second kappa shape index (κ2) is 12.6. The number of benzene rings is 3. The molecule has 37 heavy (non-hydrogen) atoms. The molecule has 1 N–H and O–H groups in total. The van der Waals surface area contributed by atoms with Crippen LogP contribution in [-0.4, -0.2) is 44.3 Å². The Morgan fingerprint density at radius 3 is 2.05 bits per heavy atom. The fourth-order valence-electron chi connectivity index (χ4n) is 3.58. The molecular weight excluding hydrogens is 557 g/mol. The molecule has 0 unspecified atom stereocenters. The van der Waals surface area contributed by atoms with Crippen LogP contribution >= 0.6 is 34.8 Å². The average molecular weight is 583 g/mol. The Kier molecular flexibility index (Phi) is 9.84. The molecule has 1 atom stereocenters. The van der Waals surface area contributed by atoms with Gasteiger partial charge in [0.2, 0.25) is 11.8 Å². The number of halogens is 3. The van der Waals surface area contributed by atoms with Crippen molar-refractivity contribution in [3.8, 4) is 0 Å². The Bertz CT molecular complexity index is 1350. The molecule has 0 saturated carbocycles. The molecule has 2 amide bonds. The molecular formula is C26H26Cl3N3O4S. The van der Waals surface area contributed by atoms with Crippen LogP contribution in [0.5, 0.6) is 0 Å². The highest BCUT2D eigenvalue weighted by Crippen LogP contribution is 2.27. The van der Waals surface area contributed by atoms with Gasteiger partial charge in [0.05, 0.1) is 10.6 Å². The smallest absolute Gasteiger partial charge is 0.264 e. The third-order valence-corrected chi connectivity index (χ3v) is 8.09. The third kappa shape index (κ3) is 7.38. The van der Waals surface area contributed by atoms with Crippen LogP contribution in [0.3, 0.4) is 0 Å². The predicted molar refractivity (Wildman–Crippen MR) is 148 cm³/mol. The molecule has 11 heteroatoms. The van der Waals surface area contributed by atoms with Crippen molar-refractivity contribution in [1.82, 2.24) is 10.2 Å². The van der Waals surface area contributed by atoms with Crippen LogP contribution in [0.15, 0.2) is 77.7 Å². The molecule has 0 spiro atoms. The van der Waals surface area contributed by atoms with Crippen LogP contribution in [0.1, 0.15) is 19.4 Å². The van der Waals surface area contributed by atoms with E-state index >= 15 is 0 Å². The zero-order chi connectivity index (χ0) is 27.2. The summed E-state index contributed by atoms with van der Waals surface area (Å²) < 4.78 is 28.4. The minimum atomic E-state index is -4.20. The number of carbonyl (C=O) groups is 2. The maximum atomic E-state index is 13.7. The van der Waals surface area contributed by atoms with Crippen molar-refractivity contribution >= 4 is 62.3 Å². The van der Waals surface area contributed by atoms with Crippen molar-refractivity contribution in [2.24, 2.45) is 0 Å². The summed E-state index contributed by atoms with van der Waals surface area (Å²) in [5.74, 6) is -0.939. The van der Waals surface area contributed by atoms with E-state index in [1.165, 1.54) is 35.2 Å². The fourth-order valence-corrected chi connectivity index (χ4v) is 5.43. The molecule has 7 nitrogen and oxygen atoms in total. The minimum Gasteiger partial charge on any atom is -0.355 e. The Hall–Kier alpha value is -2.78. The summed E-state index contributed by atoms with van der Waals surface area (Å²) in [6.07, 6.45) is 0. The average Bonchev–Trinajstić information content (AvgIpc) is 2.86. The van der Waals surface area contributed by atoms with E-state index in [2.05, 4.69) is 5.32 Å². The van der Waals surface area contributed by atoms with Gasteiger partial charge >= 0.3 is 0 Å². The molecule has 0 aromatic heterocycles. The first-order valence-corrected chi connectivity index (χ1v) is 14.0. The SMILES string of the molecule is CCNC(=O)[C@H](C)N(Cc1ccc(Cl)cc1)C(=O)CN(c1cccc(Cl)c1)S(=O)(=O)c1ccc(Cl)cc1. The number of carbonyl (C=O) groups excluding carboxylic acids is 2. The van der Waals surface area contributed by atoms with Gasteiger partial charge in [0, 0.05) is 28.2 Å². The standard InChI is InChI=1S/C26H26Cl3N3O4S/c1-3-30-26(34)18(2)31(16-19-7-9-20(27)10-8-19)25(33)17-32(23-6-4-5-22(29)15-23)37(35,36)24-13-11-21(28)12-14-24/h4-15,18H,3,16-17H2,1-2H3,(H,30,34)/t18-/m0/s1. The van der Waals surface area contributed by atoms with Crippen LogP contribution in [-0.2, 0) is 26.2 Å². The van der Waals surface area contributed by atoms with E-state index in [0.29, 0.717) is 21.6 Å². The Morgan fingerprint density at radius 1 is 0.892 bits per heavy atom. The number of anilines is 1. The van der Waals surface area contributed by atoms with Gasteiger partial charge in [-0.25, -0.2) is 8.42 Å². The van der Waals surface area contributed by atoms with E-state index < -0.39 is 28.5 Å². The van der Waals surface area contributed by atoms with Gasteiger partial charge in [-0.3, -0.25) is 13.9 Å². The summed E-state index contributed by atoms with van der Waals surface area (Å²) in [5, 5.41) is 3.91. The lowest BCUT2D eigenvalue weighted by molar-refractivity contribution is -0.139. The number of likely N-dealkylation sites (N-methyl/N-ethyl adjacent to an activating group) is 1. The highest BCUT2D eigenvalue weighted by atomic mass is 35.5. The van der Waals surface area contributed by atoms with E-state index in [4.69, 9.17) is 34.8 Å². The van der Waals surface area contributed by atoms with Crippen molar-refractivity contribution in [2.75, 3.05) is 17.4 Å². The molecule has 0 aliphatic carbocycles. The van der Waals surface area contributed by atoms with Crippen LogP contribution in [0.4, 0.5) is 5.69 Å². The molecule has 0 aliphatic rings. The molecule has 0 radical (unpaired) electrons. The molecule has 3 aromatic rings. The largest absolute Gasteiger partial charge is 0.355 e. The van der Waals surface area contributed by atoms with Gasteiger partial charge in [-0.05, 0) is 74.0 Å². The summed E-state index contributed by atoms with van der Waals surface area (Å²) in [5.41, 5.74) is 0.927. The monoisotopic (exact) mass is 581 g/mol. The highest BCUT2D eigenvalue weighted by Gasteiger charge is 2.32. The first-order valence-electron chi connectivity index (χ1n) is 11.4. The van der Waals surface area contributed by atoms with Gasteiger partial charge < -0.3 is 10.2 Å². The third-order valence-electron chi connectivity index (χ3n) is 5.56. The Balaban J connectivity index is 2.02. The van der Waals surface area contributed by atoms with E-state index in [1.54, 1.807) is 56.3 Å². The maximum absolute atomic E-state index is 13.7. The summed E-state index contributed by atoms with van der Waals surface area (Å²) in [7, 11) is -4.20. The number of hydrogen-bond acceptors (Lipinski definition) is 4. The second-order valence-electron chi connectivity index (χ2n) is 8.16. The highest BCUT2D eigenvalue weighted by molar-refractivity contribution is 7.92. The number of nitrogens with zero attached hydrogens (tertiary/aromatic N) is 2. The van der Waals surface area contributed by atoms with Crippen molar-refractivity contribution < 1.29 is 18.0 Å². The van der Waals surface area contributed by atoms with Gasteiger partial charge in [0.15, 0.2) is 0 Å². The zero-order valence-electron chi connectivity index (χ0n) is 20.2. The fraction of sp³-hybridized carbons (Fsp3) is 0.231. The number of hydrogen-bond donors (Lipinski definition) is 1. The van der Waals surface area contributed by atoms with Crippen molar-refractivity contribution in [2.45, 2.75) is 31.3 Å². The summed E-state index contributed by atoms with van der Waals surface area (Å²) >= 11 is 18.1. The summed E-state index contributed by atoms with van der Waals surface area (Å²) in [6, 6.07) is 17.8. The van der Waals surface area contributed by atoms with Gasteiger partial charge in [-0.15, -0.1) is 0 Å². The lowest BCUT2D eigenvalue weighted by Crippen LogP contribution is -2.51.